The first-order valence-electron chi connectivity index (χ1n) is 15.5. The number of benzene rings is 1. The van der Waals surface area contributed by atoms with Crippen LogP contribution >= 0.6 is 0 Å². The van der Waals surface area contributed by atoms with Crippen molar-refractivity contribution >= 4 is 29.8 Å². The highest BCUT2D eigenvalue weighted by atomic mass is 16.5. The number of carbonyl (C=O) groups excluding carboxylic acids is 4. The van der Waals surface area contributed by atoms with Crippen LogP contribution in [-0.2, 0) is 19.1 Å². The van der Waals surface area contributed by atoms with Gasteiger partial charge in [-0.15, -0.1) is 0 Å². The molecule has 3 aliphatic heterocycles. The summed E-state index contributed by atoms with van der Waals surface area (Å²) in [5.74, 6) is -0.340. The first-order chi connectivity index (χ1) is 20.7. The van der Waals surface area contributed by atoms with Gasteiger partial charge in [-0.2, -0.15) is 0 Å². The average molecular weight is 595 g/mol. The second-order valence-corrected chi connectivity index (χ2v) is 12.5. The van der Waals surface area contributed by atoms with E-state index in [-0.39, 0.29) is 35.3 Å². The van der Waals surface area contributed by atoms with Gasteiger partial charge < -0.3 is 19.9 Å². The number of hydrogen-bond acceptors (Lipinski definition) is 8. The fourth-order valence-electron chi connectivity index (χ4n) is 7.33. The number of piperidine rings is 1. The number of rotatable bonds is 9. The number of piperazine rings is 1. The summed E-state index contributed by atoms with van der Waals surface area (Å²) in [6, 6.07) is 7.96. The Kier molecular flexibility index (Phi) is 9.83. The third-order valence-electron chi connectivity index (χ3n) is 9.65. The number of nitrogens with zero attached hydrogens (tertiary/aromatic N) is 5. The summed E-state index contributed by atoms with van der Waals surface area (Å²) in [5, 5.41) is 3.20. The van der Waals surface area contributed by atoms with E-state index in [9.17, 15) is 19.2 Å². The Labute approximate surface area is 254 Å². The molecule has 0 radical (unpaired) electrons. The monoisotopic (exact) mass is 594 g/mol. The molecule has 3 amide bonds. The maximum atomic E-state index is 13.4. The highest BCUT2D eigenvalue weighted by Crippen LogP contribution is 2.36. The number of likely N-dealkylation sites (N-methyl/N-ethyl adjacent to an activating group) is 1. The van der Waals surface area contributed by atoms with Gasteiger partial charge in [0.25, 0.3) is 5.91 Å². The summed E-state index contributed by atoms with van der Waals surface area (Å²) in [4.78, 5) is 61.3. The van der Waals surface area contributed by atoms with Crippen LogP contribution in [0.5, 0.6) is 0 Å². The average Bonchev–Trinajstić information content (AvgIpc) is 3.23. The molecule has 5 rings (SSSR count). The number of fused-ring (bicyclic) bond motifs is 3. The summed E-state index contributed by atoms with van der Waals surface area (Å²) >= 11 is 0. The number of hydrogen-bond donors (Lipinski definition) is 1. The smallest absolute Gasteiger partial charge is 0.409 e. The highest BCUT2D eigenvalue weighted by molar-refractivity contribution is 6.25. The molecular formula is C32H46N6O5. The molecule has 3 atom stereocenters. The predicted octanol–water partition coefficient (Wildman–Crippen LogP) is 1.60. The molecule has 2 bridgehead atoms. The summed E-state index contributed by atoms with van der Waals surface area (Å²) < 4.78 is 5.10. The SMILES string of the molecule is COC(=O)N(CCN1CCN(C(C)=O)CC1)CCN1C2CCC1CC(NC(=O)C1=Cc3ccccc3C(N(C)C)C1=O)C2. The quantitative estimate of drug-likeness (QED) is 0.430. The largest absolute Gasteiger partial charge is 0.453 e. The lowest BCUT2D eigenvalue weighted by molar-refractivity contribution is -0.130. The Morgan fingerprint density at radius 2 is 1.63 bits per heavy atom. The van der Waals surface area contributed by atoms with Gasteiger partial charge >= 0.3 is 6.09 Å². The van der Waals surface area contributed by atoms with Gasteiger partial charge in [-0.3, -0.25) is 29.1 Å². The second-order valence-electron chi connectivity index (χ2n) is 12.5. The summed E-state index contributed by atoms with van der Waals surface area (Å²) in [7, 11) is 5.15. The maximum absolute atomic E-state index is 13.4. The molecule has 3 heterocycles. The van der Waals surface area contributed by atoms with Gasteiger partial charge in [-0.1, -0.05) is 24.3 Å². The topological polar surface area (TPSA) is 106 Å². The van der Waals surface area contributed by atoms with E-state index in [4.69, 9.17) is 4.74 Å². The molecule has 3 fully saturated rings. The summed E-state index contributed by atoms with van der Waals surface area (Å²) in [6.45, 7) is 7.32. The fraction of sp³-hybridized carbons (Fsp3) is 0.625. The number of ether oxygens (including phenoxy) is 1. The third-order valence-corrected chi connectivity index (χ3v) is 9.65. The van der Waals surface area contributed by atoms with E-state index in [0.29, 0.717) is 25.2 Å². The zero-order chi connectivity index (χ0) is 30.7. The highest BCUT2D eigenvalue weighted by Gasteiger charge is 2.42. The van der Waals surface area contributed by atoms with Crippen LogP contribution in [0.3, 0.4) is 0 Å². The van der Waals surface area contributed by atoms with Gasteiger partial charge in [0.15, 0.2) is 5.78 Å². The Balaban J connectivity index is 1.14. The molecule has 11 heteroatoms. The molecule has 0 spiro atoms. The van der Waals surface area contributed by atoms with E-state index in [1.807, 2.05) is 48.2 Å². The number of methoxy groups -OCH3 is 1. The molecule has 4 aliphatic rings. The van der Waals surface area contributed by atoms with Crippen molar-refractivity contribution < 1.29 is 23.9 Å². The fourth-order valence-corrected chi connectivity index (χ4v) is 7.33. The van der Waals surface area contributed by atoms with Gasteiger partial charge in [0, 0.05) is 77.4 Å². The van der Waals surface area contributed by atoms with Crippen LogP contribution in [0.15, 0.2) is 29.8 Å². The van der Waals surface area contributed by atoms with Crippen LogP contribution in [0.2, 0.25) is 0 Å². The minimum Gasteiger partial charge on any atom is -0.453 e. The third kappa shape index (κ3) is 6.94. The van der Waals surface area contributed by atoms with Crippen molar-refractivity contribution in [3.63, 3.8) is 0 Å². The molecule has 1 aromatic rings. The molecule has 0 saturated carbocycles. The molecule has 234 valence electrons. The van der Waals surface area contributed by atoms with Crippen molar-refractivity contribution in [1.29, 1.82) is 0 Å². The second kappa shape index (κ2) is 13.6. The Morgan fingerprint density at radius 3 is 2.26 bits per heavy atom. The van der Waals surface area contributed by atoms with Crippen molar-refractivity contribution in [2.45, 2.75) is 56.8 Å². The van der Waals surface area contributed by atoms with Gasteiger partial charge in [0.2, 0.25) is 5.91 Å². The molecular weight excluding hydrogens is 548 g/mol. The van der Waals surface area contributed by atoms with Crippen LogP contribution in [-0.4, -0.2) is 140 Å². The van der Waals surface area contributed by atoms with Crippen molar-refractivity contribution in [2.75, 3.05) is 73.6 Å². The molecule has 3 unspecified atom stereocenters. The Hall–Kier alpha value is -3.28. The van der Waals surface area contributed by atoms with E-state index < -0.39 is 6.04 Å². The van der Waals surface area contributed by atoms with E-state index in [1.165, 1.54) is 7.11 Å². The number of Topliss-reactive ketones (excluding diaryl/α,β-unsaturated/α-hetero) is 1. The summed E-state index contributed by atoms with van der Waals surface area (Å²) in [5.41, 5.74) is 2.06. The molecule has 0 aromatic heterocycles. The van der Waals surface area contributed by atoms with E-state index in [1.54, 1.807) is 17.9 Å². The number of ketones is 1. The molecule has 1 aromatic carbocycles. The zero-order valence-corrected chi connectivity index (χ0v) is 26.0. The van der Waals surface area contributed by atoms with Gasteiger partial charge in [-0.05, 0) is 57.0 Å². The Morgan fingerprint density at radius 1 is 0.977 bits per heavy atom. The van der Waals surface area contributed by atoms with Crippen LogP contribution in [0, 0.1) is 0 Å². The van der Waals surface area contributed by atoms with Gasteiger partial charge in [-0.25, -0.2) is 4.79 Å². The van der Waals surface area contributed by atoms with E-state index in [2.05, 4.69) is 15.1 Å². The van der Waals surface area contributed by atoms with Gasteiger partial charge in [0.05, 0.1) is 18.7 Å². The van der Waals surface area contributed by atoms with Crippen molar-refractivity contribution in [1.82, 2.24) is 29.8 Å². The maximum Gasteiger partial charge on any atom is 0.409 e. The lowest BCUT2D eigenvalue weighted by atomic mass is 9.85. The van der Waals surface area contributed by atoms with Crippen molar-refractivity contribution in [3.8, 4) is 0 Å². The summed E-state index contributed by atoms with van der Waals surface area (Å²) in [6.07, 6.45) is 5.20. The van der Waals surface area contributed by atoms with E-state index >= 15 is 0 Å². The van der Waals surface area contributed by atoms with Crippen molar-refractivity contribution in [2.24, 2.45) is 0 Å². The Bertz CT molecular complexity index is 1230. The number of nitrogens with one attached hydrogen (secondary N) is 1. The standard InChI is InChI=1S/C32H46N6O5/c1-22(39)36-14-11-35(12-15-36)13-16-37(32(42)43-4)17-18-38-25-9-10-26(38)21-24(20-25)33-31(41)28-19-23-7-5-6-8-27(23)29(30(28)40)34(2)3/h5-8,19,24-26,29H,9-18,20-21H2,1-4H3,(H,33,41). The number of amides is 3. The van der Waals surface area contributed by atoms with Crippen LogP contribution < -0.4 is 5.32 Å². The number of carbonyl (C=O) groups is 4. The first-order valence-corrected chi connectivity index (χ1v) is 15.5. The molecule has 3 saturated heterocycles. The van der Waals surface area contributed by atoms with Gasteiger partial charge in [0.1, 0.15) is 0 Å². The minimum absolute atomic E-state index is 0.00954. The van der Waals surface area contributed by atoms with Crippen molar-refractivity contribution in [3.05, 3.63) is 41.0 Å². The van der Waals surface area contributed by atoms with Crippen LogP contribution in [0.1, 0.15) is 49.8 Å². The molecule has 1 N–H and O–H groups in total. The molecule has 43 heavy (non-hydrogen) atoms. The van der Waals surface area contributed by atoms with Crippen LogP contribution in [0.25, 0.3) is 6.08 Å². The first kappa shape index (κ1) is 31.2. The van der Waals surface area contributed by atoms with Crippen LogP contribution in [0.4, 0.5) is 4.79 Å². The molecule has 1 aliphatic carbocycles. The molecule has 11 nitrogen and oxygen atoms in total. The normalized spacial score (nSPS) is 25.7. The van der Waals surface area contributed by atoms with E-state index in [0.717, 1.165) is 76.1 Å². The predicted molar refractivity (Wildman–Crippen MR) is 163 cm³/mol. The zero-order valence-electron chi connectivity index (χ0n) is 26.0. The lowest BCUT2D eigenvalue weighted by Crippen LogP contribution is -2.53. The minimum atomic E-state index is -0.470. The lowest BCUT2D eigenvalue weighted by Gasteiger charge is -2.40.